The number of benzene rings is 1. The van der Waals surface area contributed by atoms with Gasteiger partial charge in [-0.25, -0.2) is 0 Å². The summed E-state index contributed by atoms with van der Waals surface area (Å²) in [6, 6.07) is 6.07. The summed E-state index contributed by atoms with van der Waals surface area (Å²) < 4.78 is 5.95. The summed E-state index contributed by atoms with van der Waals surface area (Å²) in [6.45, 7) is 4.12. The lowest BCUT2D eigenvalue weighted by Crippen LogP contribution is -2.50. The highest BCUT2D eigenvalue weighted by molar-refractivity contribution is 5.84. The predicted octanol–water partition coefficient (Wildman–Crippen LogP) is 1.00. The highest BCUT2D eigenvalue weighted by atomic mass is 16.5. The van der Waals surface area contributed by atoms with Crippen LogP contribution < -0.4 is 15.8 Å². The number of nitrogens with one attached hydrogen (secondary N) is 1. The maximum absolute atomic E-state index is 12.9. The van der Waals surface area contributed by atoms with E-state index in [-0.39, 0.29) is 17.7 Å². The molecule has 3 rings (SSSR count). The number of carbonyl (C=O) groups is 2. The van der Waals surface area contributed by atoms with E-state index in [1.807, 2.05) is 12.1 Å². The van der Waals surface area contributed by atoms with Crippen molar-refractivity contribution < 1.29 is 14.3 Å². The molecule has 0 radical (unpaired) electrons. The van der Waals surface area contributed by atoms with Crippen LogP contribution in [-0.4, -0.2) is 49.0 Å². The molecule has 1 fully saturated rings. The minimum Gasteiger partial charge on any atom is -0.480 e. The van der Waals surface area contributed by atoms with Crippen LogP contribution in [0.2, 0.25) is 0 Å². The van der Waals surface area contributed by atoms with Crippen molar-refractivity contribution in [2.45, 2.75) is 38.7 Å². The molecule has 1 aromatic rings. The highest BCUT2D eigenvalue weighted by Crippen LogP contribution is 2.29. The van der Waals surface area contributed by atoms with E-state index in [0.717, 1.165) is 25.0 Å². The van der Waals surface area contributed by atoms with E-state index in [1.54, 1.807) is 4.90 Å². The summed E-state index contributed by atoms with van der Waals surface area (Å²) in [5.41, 5.74) is 7.80. The Bertz CT molecular complexity index is 647. The van der Waals surface area contributed by atoms with Crippen LogP contribution in [0, 0.1) is 12.8 Å². The van der Waals surface area contributed by atoms with Gasteiger partial charge < -0.3 is 20.7 Å². The van der Waals surface area contributed by atoms with Crippen molar-refractivity contribution in [3.05, 3.63) is 29.3 Å². The van der Waals surface area contributed by atoms with Gasteiger partial charge in [0.2, 0.25) is 5.91 Å². The van der Waals surface area contributed by atoms with E-state index in [2.05, 4.69) is 18.3 Å². The Morgan fingerprint density at radius 2 is 2.20 bits per heavy atom. The molecule has 2 atom stereocenters. The first-order valence-electron chi connectivity index (χ1n) is 9.11. The lowest BCUT2D eigenvalue weighted by atomic mass is 9.95. The summed E-state index contributed by atoms with van der Waals surface area (Å²) in [5.74, 6) is 0.656. The Balaban J connectivity index is 1.61. The van der Waals surface area contributed by atoms with Gasteiger partial charge in [0.1, 0.15) is 5.75 Å². The number of ether oxygens (including phenoxy) is 1. The molecule has 0 aromatic heterocycles. The third-order valence-electron chi connectivity index (χ3n) is 4.98. The van der Waals surface area contributed by atoms with Gasteiger partial charge in [0.25, 0.3) is 5.91 Å². The number of amides is 2. The number of hydrogen-bond donors (Lipinski definition) is 2. The Morgan fingerprint density at radius 1 is 1.36 bits per heavy atom. The summed E-state index contributed by atoms with van der Waals surface area (Å²) >= 11 is 0. The van der Waals surface area contributed by atoms with E-state index in [0.29, 0.717) is 32.6 Å². The van der Waals surface area contributed by atoms with Crippen molar-refractivity contribution in [2.24, 2.45) is 11.7 Å². The Morgan fingerprint density at radius 3 is 3.00 bits per heavy atom. The normalized spacial score (nSPS) is 22.7. The number of fused-ring (bicyclic) bond motifs is 1. The number of nitrogens with two attached hydrogens (primary N) is 1. The second kappa shape index (κ2) is 7.87. The summed E-state index contributed by atoms with van der Waals surface area (Å²) in [6.07, 6.45) is 2.75. The maximum atomic E-state index is 12.9. The summed E-state index contributed by atoms with van der Waals surface area (Å²) in [5, 5.41) is 2.83. The Labute approximate surface area is 148 Å². The zero-order chi connectivity index (χ0) is 17.8. The fourth-order valence-corrected chi connectivity index (χ4v) is 3.63. The van der Waals surface area contributed by atoms with Crippen molar-refractivity contribution in [3.8, 4) is 5.75 Å². The highest BCUT2D eigenvalue weighted by Gasteiger charge is 2.34. The number of carbonyl (C=O) groups excluding carboxylic acids is 2. The maximum Gasteiger partial charge on any atom is 0.263 e. The van der Waals surface area contributed by atoms with Gasteiger partial charge in [-0.3, -0.25) is 9.59 Å². The molecule has 0 saturated carbocycles. The van der Waals surface area contributed by atoms with E-state index >= 15 is 0 Å². The minimum atomic E-state index is -0.443. The third-order valence-corrected chi connectivity index (χ3v) is 4.98. The molecule has 0 spiro atoms. The van der Waals surface area contributed by atoms with Gasteiger partial charge in [0.15, 0.2) is 6.10 Å². The molecule has 1 aromatic carbocycles. The number of piperidine rings is 1. The van der Waals surface area contributed by atoms with Gasteiger partial charge in [0.05, 0.1) is 5.92 Å². The molecular formula is C19H27N3O3. The molecule has 136 valence electrons. The van der Waals surface area contributed by atoms with Crippen LogP contribution in [0.5, 0.6) is 5.75 Å². The molecule has 2 heterocycles. The van der Waals surface area contributed by atoms with Gasteiger partial charge in [-0.2, -0.15) is 0 Å². The molecule has 1 saturated heterocycles. The Kier molecular flexibility index (Phi) is 5.58. The molecule has 2 unspecified atom stereocenters. The van der Waals surface area contributed by atoms with E-state index < -0.39 is 6.10 Å². The largest absolute Gasteiger partial charge is 0.480 e. The first kappa shape index (κ1) is 17.7. The second-order valence-corrected chi connectivity index (χ2v) is 6.96. The topological polar surface area (TPSA) is 84.7 Å². The van der Waals surface area contributed by atoms with Crippen molar-refractivity contribution >= 4 is 11.8 Å². The fraction of sp³-hybridized carbons (Fsp3) is 0.579. The fourth-order valence-electron chi connectivity index (χ4n) is 3.63. The standard InChI is InChI=1S/C19H27N3O3/c1-13-4-6-16-14(11-13)5-7-17(25-16)19(24)22-10-2-3-15(12-22)18(23)21-9-8-20/h4,6,11,15,17H,2-3,5,7-10,12,20H2,1H3,(H,21,23). The average Bonchev–Trinajstić information content (AvgIpc) is 2.65. The number of rotatable bonds is 4. The lowest BCUT2D eigenvalue weighted by molar-refractivity contribution is -0.142. The smallest absolute Gasteiger partial charge is 0.263 e. The summed E-state index contributed by atoms with van der Waals surface area (Å²) in [4.78, 5) is 26.8. The molecule has 6 nitrogen and oxygen atoms in total. The van der Waals surface area contributed by atoms with Crippen molar-refractivity contribution in [1.29, 1.82) is 0 Å². The average molecular weight is 345 g/mol. The van der Waals surface area contributed by atoms with Gasteiger partial charge in [0, 0.05) is 26.2 Å². The predicted molar refractivity (Wildman–Crippen MR) is 95.3 cm³/mol. The molecule has 0 aliphatic carbocycles. The van der Waals surface area contributed by atoms with Crippen LogP contribution in [0.15, 0.2) is 18.2 Å². The van der Waals surface area contributed by atoms with E-state index in [1.165, 1.54) is 11.1 Å². The van der Waals surface area contributed by atoms with E-state index in [4.69, 9.17) is 10.5 Å². The first-order valence-corrected chi connectivity index (χ1v) is 9.11. The zero-order valence-corrected chi connectivity index (χ0v) is 14.8. The van der Waals surface area contributed by atoms with Crippen LogP contribution in [-0.2, 0) is 16.0 Å². The number of aryl methyl sites for hydroxylation is 2. The number of nitrogens with zero attached hydrogens (tertiary/aromatic N) is 1. The molecule has 0 bridgehead atoms. The molecule has 2 aliphatic heterocycles. The lowest BCUT2D eigenvalue weighted by Gasteiger charge is -2.35. The van der Waals surface area contributed by atoms with Gasteiger partial charge in [-0.05, 0) is 44.2 Å². The van der Waals surface area contributed by atoms with Crippen LogP contribution in [0.1, 0.15) is 30.4 Å². The van der Waals surface area contributed by atoms with Gasteiger partial charge in [-0.1, -0.05) is 17.7 Å². The number of likely N-dealkylation sites (tertiary alicyclic amines) is 1. The van der Waals surface area contributed by atoms with Crippen LogP contribution in [0.4, 0.5) is 0 Å². The molecule has 2 aliphatic rings. The van der Waals surface area contributed by atoms with Crippen molar-refractivity contribution in [1.82, 2.24) is 10.2 Å². The zero-order valence-electron chi connectivity index (χ0n) is 14.8. The van der Waals surface area contributed by atoms with Crippen LogP contribution in [0.3, 0.4) is 0 Å². The van der Waals surface area contributed by atoms with Crippen molar-refractivity contribution in [2.75, 3.05) is 26.2 Å². The van der Waals surface area contributed by atoms with Gasteiger partial charge >= 0.3 is 0 Å². The van der Waals surface area contributed by atoms with Crippen LogP contribution in [0.25, 0.3) is 0 Å². The second-order valence-electron chi connectivity index (χ2n) is 6.96. The first-order chi connectivity index (χ1) is 12.1. The molecule has 2 amide bonds. The third kappa shape index (κ3) is 4.12. The Hall–Kier alpha value is -2.08. The van der Waals surface area contributed by atoms with Crippen LogP contribution >= 0.6 is 0 Å². The van der Waals surface area contributed by atoms with Crippen molar-refractivity contribution in [3.63, 3.8) is 0 Å². The minimum absolute atomic E-state index is 0.00236. The molecule has 3 N–H and O–H groups in total. The number of hydrogen-bond acceptors (Lipinski definition) is 4. The molecule has 6 heteroatoms. The molecular weight excluding hydrogens is 318 g/mol. The van der Waals surface area contributed by atoms with E-state index in [9.17, 15) is 9.59 Å². The monoisotopic (exact) mass is 345 g/mol. The SMILES string of the molecule is Cc1ccc2c(c1)CCC(C(=O)N1CCCC(C(=O)NCCN)C1)O2. The van der Waals surface area contributed by atoms with Gasteiger partial charge in [-0.15, -0.1) is 0 Å². The summed E-state index contributed by atoms with van der Waals surface area (Å²) in [7, 11) is 0. The quantitative estimate of drug-likeness (QED) is 0.853. The molecule has 25 heavy (non-hydrogen) atoms.